The molecule has 0 radical (unpaired) electrons. The minimum Gasteiger partial charge on any atom is -0.481 e. The van der Waals surface area contributed by atoms with Crippen molar-refractivity contribution in [2.75, 3.05) is 26.2 Å². The molecule has 1 aliphatic heterocycles. The van der Waals surface area contributed by atoms with Crippen LogP contribution in [0.25, 0.3) is 0 Å². The van der Waals surface area contributed by atoms with E-state index in [1.807, 2.05) is 13.0 Å². The van der Waals surface area contributed by atoms with Crippen LogP contribution in [-0.2, 0) is 17.6 Å². The molecule has 2 aliphatic rings. The van der Waals surface area contributed by atoms with Gasteiger partial charge in [0.15, 0.2) is 6.10 Å². The molecular weight excluding hydrogens is 336 g/mol. The van der Waals surface area contributed by atoms with Crippen molar-refractivity contribution in [2.24, 2.45) is 5.92 Å². The number of rotatable bonds is 8. The number of aryl methyl sites for hydroxylation is 2. The predicted molar refractivity (Wildman–Crippen MR) is 110 cm³/mol. The van der Waals surface area contributed by atoms with E-state index in [1.165, 1.54) is 56.3 Å². The average molecular weight is 373 g/mol. The highest BCUT2D eigenvalue weighted by atomic mass is 16.5. The third kappa shape index (κ3) is 5.97. The number of nitrogens with one attached hydrogen (secondary N) is 1. The minimum absolute atomic E-state index is 0.0162. The van der Waals surface area contributed by atoms with Crippen LogP contribution in [0.3, 0.4) is 0 Å². The Hall–Kier alpha value is -1.55. The number of likely N-dealkylation sites (tertiary alicyclic amines) is 1. The second kappa shape index (κ2) is 10.1. The van der Waals surface area contributed by atoms with Crippen LogP contribution in [0.1, 0.15) is 63.5 Å². The van der Waals surface area contributed by atoms with Gasteiger partial charge in [0.05, 0.1) is 0 Å². The number of fused-ring (bicyclic) bond motifs is 1. The Kier molecular flexibility index (Phi) is 7.57. The molecule has 3 rings (SSSR count). The second-order valence-corrected chi connectivity index (χ2v) is 8.32. The van der Waals surface area contributed by atoms with Gasteiger partial charge in [0.2, 0.25) is 0 Å². The Morgan fingerprint density at radius 2 is 1.96 bits per heavy atom. The number of hydrogen-bond donors (Lipinski definition) is 1. The van der Waals surface area contributed by atoms with E-state index in [9.17, 15) is 4.79 Å². The monoisotopic (exact) mass is 372 g/mol. The van der Waals surface area contributed by atoms with Gasteiger partial charge in [-0.15, -0.1) is 0 Å². The molecule has 1 fully saturated rings. The number of hydrogen-bond acceptors (Lipinski definition) is 3. The molecule has 0 spiro atoms. The summed E-state index contributed by atoms with van der Waals surface area (Å²) in [6, 6.07) is 6.34. The molecule has 0 unspecified atom stereocenters. The molecule has 1 saturated heterocycles. The fraction of sp³-hybridized carbons (Fsp3) is 0.696. The Labute approximate surface area is 164 Å². The number of carbonyl (C=O) groups excluding carboxylic acids is 1. The third-order valence-corrected chi connectivity index (χ3v) is 6.09. The standard InChI is InChI=1S/C23H36N2O2/c1-3-22(27-21-10-9-19-7-4-5-8-20(19)17-21)23(26)24-13-6-14-25-15-11-18(2)12-16-25/h9-10,17-18,22H,3-8,11-16H2,1-2H3,(H,24,26)/t22-/m0/s1. The summed E-state index contributed by atoms with van der Waals surface area (Å²) in [7, 11) is 0. The molecule has 1 heterocycles. The van der Waals surface area contributed by atoms with Gasteiger partial charge in [-0.2, -0.15) is 0 Å². The molecule has 27 heavy (non-hydrogen) atoms. The van der Waals surface area contributed by atoms with Crippen molar-refractivity contribution >= 4 is 5.91 Å². The van der Waals surface area contributed by atoms with Crippen molar-refractivity contribution in [3.05, 3.63) is 29.3 Å². The van der Waals surface area contributed by atoms with E-state index in [1.54, 1.807) is 0 Å². The molecule has 1 aliphatic carbocycles. The topological polar surface area (TPSA) is 41.6 Å². The quantitative estimate of drug-likeness (QED) is 0.702. The molecule has 4 heteroatoms. The SMILES string of the molecule is CC[C@H](Oc1ccc2c(c1)CCCC2)C(=O)NCCCN1CCC(C)CC1. The van der Waals surface area contributed by atoms with Crippen molar-refractivity contribution in [3.63, 3.8) is 0 Å². The van der Waals surface area contributed by atoms with Crippen LogP contribution in [-0.4, -0.2) is 43.1 Å². The highest BCUT2D eigenvalue weighted by Gasteiger charge is 2.20. The maximum Gasteiger partial charge on any atom is 0.261 e. The van der Waals surface area contributed by atoms with Gasteiger partial charge in [0.25, 0.3) is 5.91 Å². The number of nitrogens with zero attached hydrogens (tertiary/aromatic N) is 1. The zero-order valence-electron chi connectivity index (χ0n) is 17.1. The first-order valence-electron chi connectivity index (χ1n) is 10.9. The lowest BCUT2D eigenvalue weighted by molar-refractivity contribution is -0.128. The molecule has 1 aromatic rings. The van der Waals surface area contributed by atoms with Crippen molar-refractivity contribution in [3.8, 4) is 5.75 Å². The summed E-state index contributed by atoms with van der Waals surface area (Å²) in [5.41, 5.74) is 2.84. The average Bonchev–Trinajstić information content (AvgIpc) is 2.70. The maximum absolute atomic E-state index is 12.5. The van der Waals surface area contributed by atoms with Gasteiger partial charge >= 0.3 is 0 Å². The molecule has 1 N–H and O–H groups in total. The number of piperidine rings is 1. The number of benzene rings is 1. The molecule has 1 aromatic carbocycles. The molecule has 0 saturated carbocycles. The zero-order chi connectivity index (χ0) is 19.1. The first-order chi connectivity index (χ1) is 13.2. The molecular formula is C23H36N2O2. The molecule has 1 atom stereocenters. The first kappa shape index (κ1) is 20.2. The van der Waals surface area contributed by atoms with E-state index >= 15 is 0 Å². The summed E-state index contributed by atoms with van der Waals surface area (Å²) in [5, 5.41) is 3.07. The van der Waals surface area contributed by atoms with Crippen LogP contribution in [0, 0.1) is 5.92 Å². The fourth-order valence-corrected chi connectivity index (χ4v) is 4.18. The van der Waals surface area contributed by atoms with Crippen molar-refractivity contribution in [1.82, 2.24) is 10.2 Å². The van der Waals surface area contributed by atoms with Gasteiger partial charge in [-0.1, -0.05) is 19.9 Å². The van der Waals surface area contributed by atoms with Crippen molar-refractivity contribution in [1.29, 1.82) is 0 Å². The first-order valence-corrected chi connectivity index (χ1v) is 10.9. The van der Waals surface area contributed by atoms with E-state index in [2.05, 4.69) is 29.3 Å². The van der Waals surface area contributed by atoms with E-state index in [0.29, 0.717) is 6.42 Å². The van der Waals surface area contributed by atoms with Crippen LogP contribution in [0.5, 0.6) is 5.75 Å². The largest absolute Gasteiger partial charge is 0.481 e. The molecule has 0 bridgehead atoms. The van der Waals surface area contributed by atoms with Crippen LogP contribution >= 0.6 is 0 Å². The molecule has 1 amide bonds. The van der Waals surface area contributed by atoms with Crippen LogP contribution < -0.4 is 10.1 Å². The minimum atomic E-state index is -0.400. The van der Waals surface area contributed by atoms with Gasteiger partial charge in [-0.25, -0.2) is 0 Å². The Morgan fingerprint density at radius 3 is 2.70 bits per heavy atom. The van der Waals surface area contributed by atoms with Gasteiger partial charge in [-0.05, 0) is 100 Å². The van der Waals surface area contributed by atoms with Gasteiger partial charge < -0.3 is 15.0 Å². The van der Waals surface area contributed by atoms with Gasteiger partial charge in [0.1, 0.15) is 5.75 Å². The number of ether oxygens (including phenoxy) is 1. The van der Waals surface area contributed by atoms with Crippen LogP contribution in [0.4, 0.5) is 0 Å². The summed E-state index contributed by atoms with van der Waals surface area (Å²) < 4.78 is 6.03. The smallest absolute Gasteiger partial charge is 0.261 e. The fourth-order valence-electron chi connectivity index (χ4n) is 4.18. The lowest BCUT2D eigenvalue weighted by Crippen LogP contribution is -2.40. The summed E-state index contributed by atoms with van der Waals surface area (Å²) >= 11 is 0. The maximum atomic E-state index is 12.5. The highest BCUT2D eigenvalue weighted by Crippen LogP contribution is 2.26. The molecule has 0 aromatic heterocycles. The predicted octanol–water partition coefficient (Wildman–Crippen LogP) is 3.96. The van der Waals surface area contributed by atoms with Crippen molar-refractivity contribution in [2.45, 2.75) is 71.3 Å². The number of amides is 1. The van der Waals surface area contributed by atoms with Gasteiger partial charge in [0, 0.05) is 6.54 Å². The van der Waals surface area contributed by atoms with E-state index in [4.69, 9.17) is 4.74 Å². The van der Waals surface area contributed by atoms with Crippen LogP contribution in [0.15, 0.2) is 18.2 Å². The van der Waals surface area contributed by atoms with Crippen molar-refractivity contribution < 1.29 is 9.53 Å². The van der Waals surface area contributed by atoms with E-state index in [-0.39, 0.29) is 5.91 Å². The Morgan fingerprint density at radius 1 is 1.22 bits per heavy atom. The highest BCUT2D eigenvalue weighted by molar-refractivity contribution is 5.81. The molecule has 4 nitrogen and oxygen atoms in total. The Balaban J connectivity index is 1.41. The third-order valence-electron chi connectivity index (χ3n) is 6.09. The van der Waals surface area contributed by atoms with Crippen LogP contribution in [0.2, 0.25) is 0 Å². The zero-order valence-corrected chi connectivity index (χ0v) is 17.1. The number of carbonyl (C=O) groups is 1. The summed E-state index contributed by atoms with van der Waals surface area (Å²) in [5.74, 6) is 1.72. The van der Waals surface area contributed by atoms with Gasteiger partial charge in [-0.3, -0.25) is 4.79 Å². The Bertz CT molecular complexity index is 608. The van der Waals surface area contributed by atoms with E-state index in [0.717, 1.165) is 37.6 Å². The second-order valence-electron chi connectivity index (χ2n) is 8.32. The lowest BCUT2D eigenvalue weighted by atomic mass is 9.92. The summed E-state index contributed by atoms with van der Waals surface area (Å²) in [6.45, 7) is 8.56. The molecule has 150 valence electrons. The summed E-state index contributed by atoms with van der Waals surface area (Å²) in [6.07, 6.45) is 8.74. The lowest BCUT2D eigenvalue weighted by Gasteiger charge is -2.30. The summed E-state index contributed by atoms with van der Waals surface area (Å²) in [4.78, 5) is 15.0. The normalized spacial score (nSPS) is 19.3. The van der Waals surface area contributed by atoms with E-state index < -0.39 is 6.10 Å².